The molecule has 0 amide bonds. The molecule has 0 bridgehead atoms. The molecule has 0 radical (unpaired) electrons. The van der Waals surface area contributed by atoms with E-state index in [4.69, 9.17) is 0 Å². The average Bonchev–Trinajstić information content (AvgIpc) is 3.07. The third-order valence-corrected chi connectivity index (χ3v) is 4.57. The molecule has 2 heterocycles. The van der Waals surface area contributed by atoms with E-state index in [1.807, 2.05) is 24.1 Å². The maximum atomic E-state index is 13.7. The van der Waals surface area contributed by atoms with E-state index in [9.17, 15) is 9.50 Å². The molecule has 6 heteroatoms. The fraction of sp³-hybridized carbons (Fsp3) is 0.444. The fourth-order valence-corrected chi connectivity index (χ4v) is 3.12. The Bertz CT molecular complexity index is 709. The highest BCUT2D eigenvalue weighted by Crippen LogP contribution is 2.26. The van der Waals surface area contributed by atoms with E-state index < -0.39 is 0 Å². The SMILES string of the molecule is Cc1ccc(CN(C)c2cc(N3CCCC3CO)ncn2)cc1F. The van der Waals surface area contributed by atoms with Crippen LogP contribution in [0.4, 0.5) is 16.0 Å². The second kappa shape index (κ2) is 7.13. The Morgan fingerprint density at radius 1 is 1.33 bits per heavy atom. The van der Waals surface area contributed by atoms with Crippen molar-refractivity contribution < 1.29 is 9.50 Å². The van der Waals surface area contributed by atoms with E-state index in [0.717, 1.165) is 36.6 Å². The van der Waals surface area contributed by atoms with Gasteiger partial charge in [-0.2, -0.15) is 0 Å². The Balaban J connectivity index is 1.76. The molecule has 1 N–H and O–H groups in total. The predicted octanol–water partition coefficient (Wildman–Crippen LogP) is 2.52. The number of hydrogen-bond donors (Lipinski definition) is 1. The van der Waals surface area contributed by atoms with Gasteiger partial charge >= 0.3 is 0 Å². The molecule has 1 aliphatic rings. The molecule has 1 aromatic heterocycles. The molecule has 1 fully saturated rings. The summed E-state index contributed by atoms with van der Waals surface area (Å²) in [5, 5.41) is 9.49. The molecule has 1 saturated heterocycles. The Morgan fingerprint density at radius 2 is 2.17 bits per heavy atom. The molecule has 2 aromatic rings. The quantitative estimate of drug-likeness (QED) is 0.913. The predicted molar refractivity (Wildman–Crippen MR) is 92.7 cm³/mol. The lowest BCUT2D eigenvalue weighted by Crippen LogP contribution is -2.33. The molecular weight excluding hydrogens is 307 g/mol. The summed E-state index contributed by atoms with van der Waals surface area (Å²) in [5.41, 5.74) is 1.55. The molecule has 0 aliphatic carbocycles. The van der Waals surface area contributed by atoms with E-state index in [0.29, 0.717) is 12.1 Å². The number of halogens is 1. The molecule has 24 heavy (non-hydrogen) atoms. The summed E-state index contributed by atoms with van der Waals surface area (Å²) in [6.45, 7) is 3.36. The molecule has 1 aliphatic heterocycles. The van der Waals surface area contributed by atoms with Gasteiger partial charge in [-0.15, -0.1) is 0 Å². The van der Waals surface area contributed by atoms with Crippen molar-refractivity contribution in [1.29, 1.82) is 0 Å². The number of anilines is 2. The third-order valence-electron chi connectivity index (χ3n) is 4.57. The lowest BCUT2D eigenvalue weighted by molar-refractivity contribution is 0.266. The zero-order valence-corrected chi connectivity index (χ0v) is 14.1. The van der Waals surface area contributed by atoms with Crippen molar-refractivity contribution in [1.82, 2.24) is 9.97 Å². The Hall–Kier alpha value is -2.21. The van der Waals surface area contributed by atoms with Crippen LogP contribution in [0.15, 0.2) is 30.6 Å². The van der Waals surface area contributed by atoms with Crippen LogP contribution in [0.3, 0.4) is 0 Å². The van der Waals surface area contributed by atoms with Crippen LogP contribution < -0.4 is 9.80 Å². The normalized spacial score (nSPS) is 17.3. The van der Waals surface area contributed by atoms with Gasteiger partial charge in [-0.1, -0.05) is 12.1 Å². The van der Waals surface area contributed by atoms with Gasteiger partial charge in [0.1, 0.15) is 23.8 Å². The van der Waals surface area contributed by atoms with Crippen LogP contribution in [0.25, 0.3) is 0 Å². The summed E-state index contributed by atoms with van der Waals surface area (Å²) in [7, 11) is 1.93. The van der Waals surface area contributed by atoms with Gasteiger partial charge in [0.2, 0.25) is 0 Å². The van der Waals surface area contributed by atoms with Gasteiger partial charge in [-0.05, 0) is 37.0 Å². The van der Waals surface area contributed by atoms with Crippen molar-refractivity contribution in [3.8, 4) is 0 Å². The lowest BCUT2D eigenvalue weighted by atomic mass is 10.1. The van der Waals surface area contributed by atoms with Gasteiger partial charge in [0.25, 0.3) is 0 Å². The van der Waals surface area contributed by atoms with Crippen molar-refractivity contribution in [2.45, 2.75) is 32.4 Å². The molecule has 3 rings (SSSR count). The van der Waals surface area contributed by atoms with Crippen LogP contribution in [-0.4, -0.2) is 41.3 Å². The fourth-order valence-electron chi connectivity index (χ4n) is 3.12. The highest BCUT2D eigenvalue weighted by atomic mass is 19.1. The molecule has 128 valence electrons. The first-order valence-electron chi connectivity index (χ1n) is 8.24. The first kappa shape index (κ1) is 16.6. The van der Waals surface area contributed by atoms with E-state index in [1.54, 1.807) is 25.4 Å². The zero-order valence-electron chi connectivity index (χ0n) is 14.1. The van der Waals surface area contributed by atoms with Crippen LogP contribution in [0, 0.1) is 12.7 Å². The first-order chi connectivity index (χ1) is 11.6. The van der Waals surface area contributed by atoms with E-state index in [-0.39, 0.29) is 18.5 Å². The van der Waals surface area contributed by atoms with Crippen LogP contribution in [0.2, 0.25) is 0 Å². The molecular formula is C18H23FN4O. The van der Waals surface area contributed by atoms with Gasteiger partial charge in [-0.25, -0.2) is 14.4 Å². The van der Waals surface area contributed by atoms with E-state index in [1.165, 1.54) is 0 Å². The summed E-state index contributed by atoms with van der Waals surface area (Å²) in [4.78, 5) is 12.8. The van der Waals surface area contributed by atoms with Crippen molar-refractivity contribution in [2.24, 2.45) is 0 Å². The van der Waals surface area contributed by atoms with Gasteiger partial charge in [0, 0.05) is 26.2 Å². The summed E-state index contributed by atoms with van der Waals surface area (Å²) < 4.78 is 13.7. The number of hydrogen-bond acceptors (Lipinski definition) is 5. The van der Waals surface area contributed by atoms with Crippen LogP contribution in [-0.2, 0) is 6.54 Å². The van der Waals surface area contributed by atoms with Crippen molar-refractivity contribution in [3.63, 3.8) is 0 Å². The Kier molecular flexibility index (Phi) is 4.94. The molecule has 1 atom stereocenters. The van der Waals surface area contributed by atoms with Gasteiger partial charge < -0.3 is 14.9 Å². The van der Waals surface area contributed by atoms with Crippen LogP contribution in [0.1, 0.15) is 24.0 Å². The molecule has 1 unspecified atom stereocenters. The number of aryl methyl sites for hydroxylation is 1. The van der Waals surface area contributed by atoms with Crippen LogP contribution >= 0.6 is 0 Å². The molecule has 0 saturated carbocycles. The van der Waals surface area contributed by atoms with Crippen molar-refractivity contribution in [2.75, 3.05) is 30.0 Å². The van der Waals surface area contributed by atoms with E-state index in [2.05, 4.69) is 14.9 Å². The number of nitrogens with zero attached hydrogens (tertiary/aromatic N) is 4. The largest absolute Gasteiger partial charge is 0.394 e. The minimum absolute atomic E-state index is 0.129. The number of rotatable bonds is 5. The topological polar surface area (TPSA) is 52.5 Å². The number of benzene rings is 1. The summed E-state index contributed by atoms with van der Waals surface area (Å²) in [6, 6.07) is 7.35. The molecule has 0 spiro atoms. The van der Waals surface area contributed by atoms with Crippen molar-refractivity contribution in [3.05, 3.63) is 47.5 Å². The van der Waals surface area contributed by atoms with Crippen LogP contribution in [0.5, 0.6) is 0 Å². The smallest absolute Gasteiger partial charge is 0.134 e. The van der Waals surface area contributed by atoms with Gasteiger partial charge in [-0.3, -0.25) is 0 Å². The molecule has 1 aromatic carbocycles. The van der Waals surface area contributed by atoms with Gasteiger partial charge in [0.05, 0.1) is 12.6 Å². The second-order valence-corrected chi connectivity index (χ2v) is 6.35. The standard InChI is InChI=1S/C18H23FN4O/c1-13-5-6-14(8-16(13)19)10-22(2)17-9-18(21-12-20-17)23-7-3-4-15(23)11-24/h5-6,8-9,12,15,24H,3-4,7,10-11H2,1-2H3. The highest BCUT2D eigenvalue weighted by Gasteiger charge is 2.25. The van der Waals surface area contributed by atoms with Gasteiger partial charge in [0.15, 0.2) is 0 Å². The maximum absolute atomic E-state index is 13.7. The second-order valence-electron chi connectivity index (χ2n) is 6.35. The molecule has 5 nitrogen and oxygen atoms in total. The number of aromatic nitrogens is 2. The summed E-state index contributed by atoms with van der Waals surface area (Å²) >= 11 is 0. The lowest BCUT2D eigenvalue weighted by Gasteiger charge is -2.25. The highest BCUT2D eigenvalue weighted by molar-refractivity contribution is 5.51. The number of aliphatic hydroxyl groups is 1. The monoisotopic (exact) mass is 330 g/mol. The minimum Gasteiger partial charge on any atom is -0.394 e. The minimum atomic E-state index is -0.188. The zero-order chi connectivity index (χ0) is 17.1. The maximum Gasteiger partial charge on any atom is 0.134 e. The summed E-state index contributed by atoms with van der Waals surface area (Å²) in [6.07, 6.45) is 3.58. The number of aliphatic hydroxyl groups excluding tert-OH is 1. The Labute approximate surface area is 141 Å². The van der Waals surface area contributed by atoms with E-state index >= 15 is 0 Å². The Morgan fingerprint density at radius 3 is 2.92 bits per heavy atom. The summed E-state index contributed by atoms with van der Waals surface area (Å²) in [5.74, 6) is 1.43. The average molecular weight is 330 g/mol. The van der Waals surface area contributed by atoms with Crippen molar-refractivity contribution >= 4 is 11.6 Å². The third kappa shape index (κ3) is 3.48. The first-order valence-corrected chi connectivity index (χ1v) is 8.24.